The number of rotatable bonds is 2. The SMILES string of the molecule is N#Cc1ccc(C=C2CCCC3=C2Oc2c(c(=O)oc4ccccc24)C3c2ccc(C#N)cc2)cc1. The molecule has 0 radical (unpaired) electrons. The minimum atomic E-state index is -0.409. The van der Waals surface area contributed by atoms with Crippen molar-refractivity contribution in [1.29, 1.82) is 10.5 Å². The maximum atomic E-state index is 13.3. The molecule has 0 fully saturated rings. The van der Waals surface area contributed by atoms with Crippen LogP contribution in [0.1, 0.15) is 53.0 Å². The van der Waals surface area contributed by atoms with E-state index in [1.807, 2.05) is 42.5 Å². The molecule has 4 aromatic rings. The van der Waals surface area contributed by atoms with E-state index in [0.29, 0.717) is 28.0 Å². The fourth-order valence-corrected chi connectivity index (χ4v) is 5.19. The van der Waals surface area contributed by atoms with E-state index in [1.54, 1.807) is 30.3 Å². The van der Waals surface area contributed by atoms with Crippen LogP contribution in [-0.2, 0) is 0 Å². The van der Waals surface area contributed by atoms with Crippen LogP contribution in [0.5, 0.6) is 5.75 Å². The van der Waals surface area contributed by atoms with E-state index >= 15 is 0 Å². The molecule has 2 aliphatic rings. The van der Waals surface area contributed by atoms with Crippen LogP contribution in [0.25, 0.3) is 17.0 Å². The summed E-state index contributed by atoms with van der Waals surface area (Å²) < 4.78 is 12.3. The molecule has 0 amide bonds. The second-order valence-electron chi connectivity index (χ2n) is 9.01. The number of ether oxygens (including phenoxy) is 1. The molecule has 5 heteroatoms. The molecule has 5 nitrogen and oxygen atoms in total. The van der Waals surface area contributed by atoms with Gasteiger partial charge in [-0.05, 0) is 84.0 Å². The molecule has 1 atom stereocenters. The maximum Gasteiger partial charge on any atom is 0.344 e. The van der Waals surface area contributed by atoms with Gasteiger partial charge in [-0.2, -0.15) is 10.5 Å². The quantitative estimate of drug-likeness (QED) is 0.310. The molecular weight excluding hydrogens is 448 g/mol. The first-order valence-corrected chi connectivity index (χ1v) is 11.8. The third-order valence-electron chi connectivity index (χ3n) is 6.87. The Labute approximate surface area is 207 Å². The van der Waals surface area contributed by atoms with E-state index in [1.165, 1.54) is 0 Å². The fraction of sp³-hybridized carbons (Fsp3) is 0.129. The molecule has 0 saturated heterocycles. The van der Waals surface area contributed by atoms with Gasteiger partial charge in [0.25, 0.3) is 0 Å². The van der Waals surface area contributed by atoms with Gasteiger partial charge in [-0.25, -0.2) is 4.79 Å². The van der Waals surface area contributed by atoms with Crippen LogP contribution < -0.4 is 10.4 Å². The van der Waals surface area contributed by atoms with Gasteiger partial charge < -0.3 is 9.15 Å². The van der Waals surface area contributed by atoms with Crippen LogP contribution >= 0.6 is 0 Å². The lowest BCUT2D eigenvalue weighted by atomic mass is 9.76. The van der Waals surface area contributed by atoms with Gasteiger partial charge in [0.2, 0.25) is 0 Å². The van der Waals surface area contributed by atoms with Crippen molar-refractivity contribution in [2.75, 3.05) is 0 Å². The van der Waals surface area contributed by atoms with Gasteiger partial charge in [0.05, 0.1) is 34.2 Å². The zero-order valence-electron chi connectivity index (χ0n) is 19.3. The smallest absolute Gasteiger partial charge is 0.344 e. The van der Waals surface area contributed by atoms with E-state index < -0.39 is 5.63 Å². The summed E-state index contributed by atoms with van der Waals surface area (Å²) in [7, 11) is 0. The van der Waals surface area contributed by atoms with Gasteiger partial charge in [-0.3, -0.25) is 0 Å². The molecule has 172 valence electrons. The number of nitriles is 2. The van der Waals surface area contributed by atoms with Crippen LogP contribution in [0.3, 0.4) is 0 Å². The van der Waals surface area contributed by atoms with Crippen molar-refractivity contribution in [2.45, 2.75) is 25.2 Å². The Morgan fingerprint density at radius 3 is 2.28 bits per heavy atom. The lowest BCUT2D eigenvalue weighted by molar-refractivity contribution is 0.381. The van der Waals surface area contributed by atoms with Crippen LogP contribution in [0.2, 0.25) is 0 Å². The van der Waals surface area contributed by atoms with Crippen LogP contribution in [0.4, 0.5) is 0 Å². The molecule has 1 aliphatic heterocycles. The molecule has 0 saturated carbocycles. The predicted octanol–water partition coefficient (Wildman–Crippen LogP) is 6.58. The van der Waals surface area contributed by atoms with Gasteiger partial charge in [0.15, 0.2) is 0 Å². The topological polar surface area (TPSA) is 87.0 Å². The average Bonchev–Trinajstić information content (AvgIpc) is 2.93. The van der Waals surface area contributed by atoms with Crippen molar-refractivity contribution < 1.29 is 9.15 Å². The van der Waals surface area contributed by atoms with E-state index in [4.69, 9.17) is 14.4 Å². The number of hydrogen-bond acceptors (Lipinski definition) is 5. The highest BCUT2D eigenvalue weighted by atomic mass is 16.5. The third kappa shape index (κ3) is 3.59. The first kappa shape index (κ1) is 21.6. The summed E-state index contributed by atoms with van der Waals surface area (Å²) >= 11 is 0. The predicted molar refractivity (Wildman–Crippen MR) is 136 cm³/mol. The van der Waals surface area contributed by atoms with Crippen LogP contribution in [-0.4, -0.2) is 0 Å². The summed E-state index contributed by atoms with van der Waals surface area (Å²) in [6.45, 7) is 0. The summed E-state index contributed by atoms with van der Waals surface area (Å²) in [4.78, 5) is 13.3. The monoisotopic (exact) mass is 468 g/mol. The van der Waals surface area contributed by atoms with E-state index in [9.17, 15) is 10.1 Å². The molecule has 0 spiro atoms. The number of benzene rings is 3. The highest BCUT2D eigenvalue weighted by Gasteiger charge is 2.37. The van der Waals surface area contributed by atoms with Gasteiger partial charge >= 0.3 is 5.63 Å². The molecule has 1 aliphatic carbocycles. The molecule has 0 bridgehead atoms. The van der Waals surface area contributed by atoms with Gasteiger partial charge in [0, 0.05) is 5.92 Å². The summed E-state index contributed by atoms with van der Waals surface area (Å²) in [5.74, 6) is 0.993. The second kappa shape index (κ2) is 8.73. The number of hydrogen-bond donors (Lipinski definition) is 0. The molecule has 36 heavy (non-hydrogen) atoms. The number of fused-ring (bicyclic) bond motifs is 3. The lowest BCUT2D eigenvalue weighted by Crippen LogP contribution is -2.26. The molecule has 6 rings (SSSR count). The fourth-order valence-electron chi connectivity index (χ4n) is 5.19. The van der Waals surface area contributed by atoms with Crippen molar-refractivity contribution in [2.24, 2.45) is 0 Å². The summed E-state index contributed by atoms with van der Waals surface area (Å²) in [6.07, 6.45) is 4.65. The normalized spacial score (nSPS) is 17.6. The van der Waals surface area contributed by atoms with E-state index in [2.05, 4.69) is 18.2 Å². The zero-order valence-corrected chi connectivity index (χ0v) is 19.3. The van der Waals surface area contributed by atoms with Gasteiger partial charge in [-0.15, -0.1) is 0 Å². The van der Waals surface area contributed by atoms with Gasteiger partial charge in [-0.1, -0.05) is 36.4 Å². The van der Waals surface area contributed by atoms with Crippen molar-refractivity contribution in [1.82, 2.24) is 0 Å². The van der Waals surface area contributed by atoms with Crippen molar-refractivity contribution >= 4 is 17.0 Å². The Hall–Kier alpha value is -4.87. The Morgan fingerprint density at radius 1 is 0.861 bits per heavy atom. The highest BCUT2D eigenvalue weighted by molar-refractivity contribution is 5.86. The molecule has 0 N–H and O–H groups in total. The molecule has 2 heterocycles. The van der Waals surface area contributed by atoms with Gasteiger partial charge in [0.1, 0.15) is 17.1 Å². The number of allylic oxidation sites excluding steroid dienone is 2. The standard InChI is InChI=1S/C31H20N2O3/c32-17-20-10-8-19(9-11-20)16-23-4-3-6-25-27(22-14-12-21(18-33)13-15-22)28-30(36-29(23)25)24-5-1-2-7-26(24)35-31(28)34/h1-2,5,7-16,27H,3-4,6H2. The summed E-state index contributed by atoms with van der Waals surface area (Å²) in [5, 5.41) is 19.2. The van der Waals surface area contributed by atoms with Crippen molar-refractivity contribution in [3.63, 3.8) is 0 Å². The Morgan fingerprint density at radius 2 is 1.56 bits per heavy atom. The average molecular weight is 469 g/mol. The largest absolute Gasteiger partial charge is 0.456 e. The minimum Gasteiger partial charge on any atom is -0.456 e. The van der Waals surface area contributed by atoms with E-state index in [-0.39, 0.29) is 5.92 Å². The third-order valence-corrected chi connectivity index (χ3v) is 6.87. The molecule has 3 aromatic carbocycles. The lowest BCUT2D eigenvalue weighted by Gasteiger charge is -2.34. The van der Waals surface area contributed by atoms with Crippen LogP contribution in [0.15, 0.2) is 98.9 Å². The number of nitrogens with zero attached hydrogens (tertiary/aromatic N) is 2. The van der Waals surface area contributed by atoms with Crippen molar-refractivity contribution in [3.05, 3.63) is 128 Å². The first-order chi connectivity index (χ1) is 17.7. The Kier molecular flexibility index (Phi) is 5.25. The molecule has 1 aromatic heterocycles. The molecule has 1 unspecified atom stereocenters. The summed E-state index contributed by atoms with van der Waals surface area (Å²) in [5.41, 5.74) is 5.76. The van der Waals surface area contributed by atoms with Crippen molar-refractivity contribution in [3.8, 4) is 17.9 Å². The van der Waals surface area contributed by atoms with Crippen LogP contribution in [0, 0.1) is 22.7 Å². The summed E-state index contributed by atoms with van der Waals surface area (Å²) in [6, 6.07) is 26.6. The minimum absolute atomic E-state index is 0.331. The number of para-hydroxylation sites is 1. The molecular formula is C31H20N2O3. The maximum absolute atomic E-state index is 13.3. The highest BCUT2D eigenvalue weighted by Crippen LogP contribution is 2.50. The Balaban J connectivity index is 1.58. The first-order valence-electron chi connectivity index (χ1n) is 11.8. The van der Waals surface area contributed by atoms with E-state index in [0.717, 1.165) is 52.7 Å². The zero-order chi connectivity index (χ0) is 24.6. The second-order valence-corrected chi connectivity index (χ2v) is 9.01. The Bertz CT molecular complexity index is 1710.